The maximum Gasteiger partial charge on any atom is 0.329 e. The Bertz CT molecular complexity index is 848. The Hall–Kier alpha value is -2.50. The molecular formula is C22H25NO5. The molecule has 2 bridgehead atoms. The molecule has 148 valence electrons. The highest BCUT2D eigenvalue weighted by atomic mass is 16.5. The summed E-state index contributed by atoms with van der Waals surface area (Å²) < 4.78 is 5.16. The number of nitrogens with zero attached hydrogens (tertiary/aromatic N) is 1. The molecule has 0 spiro atoms. The maximum absolute atomic E-state index is 12.8. The molecule has 0 unspecified atom stereocenters. The molecule has 1 aromatic rings. The number of aryl methyl sites for hydroxylation is 2. The van der Waals surface area contributed by atoms with Gasteiger partial charge in [0.25, 0.3) is 0 Å². The fourth-order valence-corrected chi connectivity index (χ4v) is 5.17. The van der Waals surface area contributed by atoms with E-state index in [4.69, 9.17) is 4.74 Å². The number of hydrogen-bond donors (Lipinski definition) is 0. The predicted molar refractivity (Wildman–Crippen MR) is 100 cm³/mol. The smallest absolute Gasteiger partial charge is 0.329 e. The van der Waals surface area contributed by atoms with Crippen molar-refractivity contribution in [1.29, 1.82) is 0 Å². The lowest BCUT2D eigenvalue weighted by Gasteiger charge is -2.23. The largest absolute Gasteiger partial charge is 0.456 e. The summed E-state index contributed by atoms with van der Waals surface area (Å²) in [6.45, 7) is 4.97. The number of fused-ring (bicyclic) bond motifs is 5. The molecule has 0 aromatic heterocycles. The Labute approximate surface area is 164 Å². The summed E-state index contributed by atoms with van der Waals surface area (Å²) in [5, 5.41) is 0. The van der Waals surface area contributed by atoms with E-state index in [-0.39, 0.29) is 41.3 Å². The van der Waals surface area contributed by atoms with E-state index in [1.54, 1.807) is 12.1 Å². The zero-order valence-corrected chi connectivity index (χ0v) is 16.4. The number of carbonyl (C=O) groups is 4. The number of carbonyl (C=O) groups excluding carboxylic acids is 4. The van der Waals surface area contributed by atoms with Gasteiger partial charge in [-0.05, 0) is 69.1 Å². The van der Waals surface area contributed by atoms with Gasteiger partial charge in [0.15, 0.2) is 12.4 Å². The summed E-state index contributed by atoms with van der Waals surface area (Å²) in [5.74, 6) is -1.50. The van der Waals surface area contributed by atoms with Crippen molar-refractivity contribution in [3.63, 3.8) is 0 Å². The van der Waals surface area contributed by atoms with Gasteiger partial charge in [0.05, 0.1) is 11.8 Å². The summed E-state index contributed by atoms with van der Waals surface area (Å²) in [5.41, 5.74) is 2.54. The second-order valence-corrected chi connectivity index (χ2v) is 8.44. The lowest BCUT2D eigenvalue weighted by molar-refractivity contribution is -0.157. The van der Waals surface area contributed by atoms with Gasteiger partial charge in [-0.1, -0.05) is 12.1 Å². The molecule has 1 heterocycles. The van der Waals surface area contributed by atoms with Gasteiger partial charge >= 0.3 is 5.97 Å². The Kier molecular flexibility index (Phi) is 4.60. The molecule has 1 aromatic carbocycles. The minimum Gasteiger partial charge on any atom is -0.456 e. The summed E-state index contributed by atoms with van der Waals surface area (Å²) in [4.78, 5) is 51.4. The molecule has 6 nitrogen and oxygen atoms in total. The van der Waals surface area contributed by atoms with Gasteiger partial charge in [0.1, 0.15) is 6.04 Å². The van der Waals surface area contributed by atoms with Crippen LogP contribution in [0.5, 0.6) is 0 Å². The van der Waals surface area contributed by atoms with Crippen molar-refractivity contribution < 1.29 is 23.9 Å². The number of ketones is 1. The maximum atomic E-state index is 12.8. The van der Waals surface area contributed by atoms with E-state index in [0.29, 0.717) is 5.56 Å². The molecule has 0 N–H and O–H groups in total. The average Bonchev–Trinajstić information content (AvgIpc) is 3.35. The molecule has 5 atom stereocenters. The summed E-state index contributed by atoms with van der Waals surface area (Å²) in [6, 6.07) is 4.31. The first-order valence-electron chi connectivity index (χ1n) is 9.93. The van der Waals surface area contributed by atoms with Gasteiger partial charge < -0.3 is 4.74 Å². The van der Waals surface area contributed by atoms with E-state index >= 15 is 0 Å². The molecule has 1 aliphatic heterocycles. The number of imide groups is 1. The minimum atomic E-state index is -1.00. The normalized spacial score (nSPS) is 29.2. The van der Waals surface area contributed by atoms with Gasteiger partial charge in [-0.15, -0.1) is 0 Å². The van der Waals surface area contributed by atoms with Crippen LogP contribution in [0, 0.1) is 37.5 Å². The summed E-state index contributed by atoms with van der Waals surface area (Å²) in [6.07, 6.45) is 2.92. The zero-order valence-electron chi connectivity index (χ0n) is 16.4. The van der Waals surface area contributed by atoms with Crippen molar-refractivity contribution in [3.05, 3.63) is 34.9 Å². The minimum absolute atomic E-state index is 0.243. The van der Waals surface area contributed by atoms with Gasteiger partial charge in [-0.3, -0.25) is 19.3 Å². The highest BCUT2D eigenvalue weighted by molar-refractivity contribution is 6.08. The highest BCUT2D eigenvalue weighted by Gasteiger charge is 2.62. The fraction of sp³-hybridized carbons (Fsp3) is 0.545. The van der Waals surface area contributed by atoms with Crippen molar-refractivity contribution in [2.24, 2.45) is 23.7 Å². The van der Waals surface area contributed by atoms with Crippen molar-refractivity contribution in [2.75, 3.05) is 6.61 Å². The number of hydrogen-bond acceptors (Lipinski definition) is 5. The SMILES string of the molecule is Cc1ccc(C(=O)COC(=O)[C@H](C)N2C(=O)[C@@H]3[C@H]4CC[C@@H](C4)[C@H]3C2=O)cc1C. The Morgan fingerprint density at radius 3 is 2.25 bits per heavy atom. The van der Waals surface area contributed by atoms with Crippen LogP contribution >= 0.6 is 0 Å². The van der Waals surface area contributed by atoms with Gasteiger partial charge in [0, 0.05) is 5.56 Å². The lowest BCUT2D eigenvalue weighted by atomic mass is 9.81. The van der Waals surface area contributed by atoms with Crippen LogP contribution in [-0.4, -0.2) is 41.1 Å². The molecular weight excluding hydrogens is 358 g/mol. The third kappa shape index (κ3) is 2.86. The van der Waals surface area contributed by atoms with Crippen LogP contribution in [0.4, 0.5) is 0 Å². The Balaban J connectivity index is 1.40. The van der Waals surface area contributed by atoms with Crippen molar-refractivity contribution >= 4 is 23.6 Å². The molecule has 6 heteroatoms. The lowest BCUT2D eigenvalue weighted by Crippen LogP contribution is -2.45. The first-order chi connectivity index (χ1) is 13.3. The molecule has 2 aliphatic carbocycles. The van der Waals surface area contributed by atoms with Crippen LogP contribution in [0.1, 0.15) is 47.7 Å². The molecule has 4 rings (SSSR count). The van der Waals surface area contributed by atoms with E-state index in [0.717, 1.165) is 35.3 Å². The Morgan fingerprint density at radius 2 is 1.68 bits per heavy atom. The van der Waals surface area contributed by atoms with Crippen LogP contribution in [0.3, 0.4) is 0 Å². The second-order valence-electron chi connectivity index (χ2n) is 8.44. The van der Waals surface area contributed by atoms with Gasteiger partial charge in [-0.2, -0.15) is 0 Å². The molecule has 2 amide bonds. The summed E-state index contributed by atoms with van der Waals surface area (Å²) >= 11 is 0. The highest BCUT2D eigenvalue weighted by Crippen LogP contribution is 2.56. The van der Waals surface area contributed by atoms with Crippen LogP contribution in [0.15, 0.2) is 18.2 Å². The van der Waals surface area contributed by atoms with Crippen LogP contribution in [0.25, 0.3) is 0 Å². The van der Waals surface area contributed by atoms with Gasteiger partial charge in [-0.25, -0.2) is 4.79 Å². The number of Topliss-reactive ketones (excluding diaryl/α,β-unsaturated/α-hetero) is 1. The van der Waals surface area contributed by atoms with Gasteiger partial charge in [0.2, 0.25) is 11.8 Å². The van der Waals surface area contributed by atoms with Crippen LogP contribution in [0.2, 0.25) is 0 Å². The molecule has 2 saturated carbocycles. The number of likely N-dealkylation sites (tertiary alicyclic amines) is 1. The number of esters is 1. The monoisotopic (exact) mass is 383 g/mol. The molecule has 3 aliphatic rings. The number of benzene rings is 1. The van der Waals surface area contributed by atoms with E-state index in [1.165, 1.54) is 6.92 Å². The third-order valence-corrected chi connectivity index (χ3v) is 6.86. The van der Waals surface area contributed by atoms with Crippen LogP contribution in [-0.2, 0) is 19.1 Å². The quantitative estimate of drug-likeness (QED) is 0.443. The first kappa shape index (κ1) is 18.8. The van der Waals surface area contributed by atoms with E-state index < -0.39 is 18.6 Å². The van der Waals surface area contributed by atoms with E-state index in [1.807, 2.05) is 19.9 Å². The number of amides is 2. The molecule has 28 heavy (non-hydrogen) atoms. The fourth-order valence-electron chi connectivity index (χ4n) is 5.17. The average molecular weight is 383 g/mol. The number of rotatable bonds is 5. The topological polar surface area (TPSA) is 80.8 Å². The predicted octanol–water partition coefficient (Wildman–Crippen LogP) is 2.45. The van der Waals surface area contributed by atoms with E-state index in [9.17, 15) is 19.2 Å². The molecule has 3 fully saturated rings. The van der Waals surface area contributed by atoms with Crippen molar-refractivity contribution in [3.8, 4) is 0 Å². The van der Waals surface area contributed by atoms with Crippen molar-refractivity contribution in [2.45, 2.75) is 46.1 Å². The molecule has 1 saturated heterocycles. The number of ether oxygens (including phenoxy) is 1. The third-order valence-electron chi connectivity index (χ3n) is 6.86. The van der Waals surface area contributed by atoms with Crippen LogP contribution < -0.4 is 0 Å². The van der Waals surface area contributed by atoms with E-state index in [2.05, 4.69) is 0 Å². The van der Waals surface area contributed by atoms with Crippen molar-refractivity contribution in [1.82, 2.24) is 4.90 Å². The first-order valence-corrected chi connectivity index (χ1v) is 9.93. The zero-order chi connectivity index (χ0) is 20.2. The molecule has 0 radical (unpaired) electrons. The standard InChI is InChI=1S/C22H25NO5/c1-11-4-5-14(8-12(11)2)17(24)10-28-22(27)13(3)23-20(25)18-15-6-7-16(9-15)19(18)21(23)26/h4-5,8,13,15-16,18-19H,6-7,9-10H2,1-3H3/t13-,15-,16-,18+,19+/m0/s1. The second kappa shape index (κ2) is 6.83. The summed E-state index contributed by atoms with van der Waals surface area (Å²) in [7, 11) is 0. The Morgan fingerprint density at radius 1 is 1.07 bits per heavy atom.